The molecular weight excluding hydrogens is 204 g/mol. The first-order valence-corrected chi connectivity index (χ1v) is 6.76. The molecule has 0 aromatic carbocycles. The lowest BCUT2D eigenvalue weighted by molar-refractivity contribution is 0.162. The van der Waals surface area contributed by atoms with E-state index in [9.17, 15) is 0 Å². The molecule has 0 saturated heterocycles. The molecule has 0 bridgehead atoms. The third-order valence-electron chi connectivity index (χ3n) is 3.74. The van der Waals surface area contributed by atoms with Crippen LogP contribution in [0.1, 0.15) is 31.2 Å². The highest BCUT2D eigenvalue weighted by Crippen LogP contribution is 2.47. The van der Waals surface area contributed by atoms with Crippen molar-refractivity contribution in [3.63, 3.8) is 0 Å². The van der Waals surface area contributed by atoms with Crippen LogP contribution in [0.4, 0.5) is 0 Å². The molecule has 0 unspecified atom stereocenters. The summed E-state index contributed by atoms with van der Waals surface area (Å²) in [4.78, 5) is 2.68. The van der Waals surface area contributed by atoms with Gasteiger partial charge < -0.3 is 5.73 Å². The van der Waals surface area contributed by atoms with Gasteiger partial charge in [0.05, 0.1) is 0 Å². The van der Waals surface area contributed by atoms with Crippen LogP contribution in [0.5, 0.6) is 0 Å². The number of thiophene rings is 1. The molecule has 1 aromatic rings. The Morgan fingerprint density at radius 2 is 2.27 bits per heavy atom. The SMILES string of the molecule is NCC1(N(Cc2ccsc2)C2CC2)CC1. The van der Waals surface area contributed by atoms with Crippen molar-refractivity contribution in [3.05, 3.63) is 22.4 Å². The molecule has 2 aliphatic rings. The minimum atomic E-state index is 0.378. The summed E-state index contributed by atoms with van der Waals surface area (Å²) in [5.74, 6) is 0. The van der Waals surface area contributed by atoms with Crippen molar-refractivity contribution >= 4 is 11.3 Å². The van der Waals surface area contributed by atoms with E-state index in [1.807, 2.05) is 0 Å². The van der Waals surface area contributed by atoms with Crippen molar-refractivity contribution in [2.45, 2.75) is 43.8 Å². The van der Waals surface area contributed by atoms with E-state index in [-0.39, 0.29) is 0 Å². The van der Waals surface area contributed by atoms with E-state index in [0.29, 0.717) is 5.54 Å². The molecule has 0 amide bonds. The van der Waals surface area contributed by atoms with Gasteiger partial charge in [0.25, 0.3) is 0 Å². The molecule has 82 valence electrons. The minimum Gasteiger partial charge on any atom is -0.329 e. The zero-order chi connectivity index (χ0) is 10.3. The molecule has 3 rings (SSSR count). The van der Waals surface area contributed by atoms with E-state index in [1.54, 1.807) is 11.3 Å². The Hall–Kier alpha value is -0.380. The van der Waals surface area contributed by atoms with Crippen LogP contribution in [0.25, 0.3) is 0 Å². The van der Waals surface area contributed by atoms with Gasteiger partial charge in [-0.1, -0.05) is 0 Å². The Balaban J connectivity index is 1.74. The summed E-state index contributed by atoms with van der Waals surface area (Å²) in [6, 6.07) is 3.07. The first kappa shape index (κ1) is 9.82. The van der Waals surface area contributed by atoms with Crippen LogP contribution in [0.2, 0.25) is 0 Å². The lowest BCUT2D eigenvalue weighted by atomic mass is 10.2. The zero-order valence-electron chi connectivity index (χ0n) is 8.98. The lowest BCUT2D eigenvalue weighted by Gasteiger charge is -2.31. The van der Waals surface area contributed by atoms with E-state index in [1.165, 1.54) is 31.2 Å². The van der Waals surface area contributed by atoms with Gasteiger partial charge in [0.1, 0.15) is 0 Å². The Labute approximate surface area is 95.1 Å². The topological polar surface area (TPSA) is 29.3 Å². The van der Waals surface area contributed by atoms with Gasteiger partial charge >= 0.3 is 0 Å². The van der Waals surface area contributed by atoms with Gasteiger partial charge in [0.15, 0.2) is 0 Å². The van der Waals surface area contributed by atoms with Gasteiger partial charge in [0.2, 0.25) is 0 Å². The van der Waals surface area contributed by atoms with Crippen LogP contribution in [-0.4, -0.2) is 23.0 Å². The van der Waals surface area contributed by atoms with Crippen molar-refractivity contribution < 1.29 is 0 Å². The lowest BCUT2D eigenvalue weighted by Crippen LogP contribution is -2.43. The normalized spacial score (nSPS) is 23.3. The highest BCUT2D eigenvalue weighted by Gasteiger charge is 2.51. The molecule has 1 heterocycles. The molecule has 2 aliphatic carbocycles. The van der Waals surface area contributed by atoms with Crippen molar-refractivity contribution in [2.75, 3.05) is 6.54 Å². The first-order chi connectivity index (χ1) is 7.34. The average Bonchev–Trinajstić information content (AvgIpc) is 3.17. The number of nitrogens with two attached hydrogens (primary N) is 1. The second-order valence-corrected chi connectivity index (χ2v) is 5.70. The monoisotopic (exact) mass is 222 g/mol. The van der Waals surface area contributed by atoms with E-state index < -0.39 is 0 Å². The molecular formula is C12H18N2S. The molecule has 2 N–H and O–H groups in total. The van der Waals surface area contributed by atoms with Crippen molar-refractivity contribution in [1.82, 2.24) is 4.90 Å². The summed E-state index contributed by atoms with van der Waals surface area (Å²) >= 11 is 1.79. The van der Waals surface area contributed by atoms with Crippen LogP contribution in [0, 0.1) is 0 Å². The van der Waals surface area contributed by atoms with Crippen molar-refractivity contribution in [2.24, 2.45) is 5.73 Å². The van der Waals surface area contributed by atoms with E-state index in [2.05, 4.69) is 21.7 Å². The summed E-state index contributed by atoms with van der Waals surface area (Å²) in [5, 5.41) is 4.43. The summed E-state index contributed by atoms with van der Waals surface area (Å²) in [5.41, 5.74) is 7.77. The fraction of sp³-hybridized carbons (Fsp3) is 0.667. The number of hydrogen-bond donors (Lipinski definition) is 1. The van der Waals surface area contributed by atoms with Crippen LogP contribution < -0.4 is 5.73 Å². The van der Waals surface area contributed by atoms with Gasteiger partial charge in [-0.15, -0.1) is 0 Å². The zero-order valence-corrected chi connectivity index (χ0v) is 9.80. The van der Waals surface area contributed by atoms with Gasteiger partial charge in [-0.2, -0.15) is 11.3 Å². The Kier molecular flexibility index (Phi) is 2.34. The Morgan fingerprint density at radius 3 is 2.73 bits per heavy atom. The summed E-state index contributed by atoms with van der Waals surface area (Å²) < 4.78 is 0. The van der Waals surface area contributed by atoms with Crippen LogP contribution in [0.3, 0.4) is 0 Å². The number of hydrogen-bond acceptors (Lipinski definition) is 3. The van der Waals surface area contributed by atoms with Crippen LogP contribution >= 0.6 is 11.3 Å². The van der Waals surface area contributed by atoms with Gasteiger partial charge in [-0.05, 0) is 48.1 Å². The first-order valence-electron chi connectivity index (χ1n) is 5.82. The minimum absolute atomic E-state index is 0.378. The van der Waals surface area contributed by atoms with Crippen LogP contribution in [-0.2, 0) is 6.54 Å². The van der Waals surface area contributed by atoms with Crippen LogP contribution in [0.15, 0.2) is 16.8 Å². The predicted octanol–water partition coefficient (Wildman–Crippen LogP) is 2.20. The molecule has 15 heavy (non-hydrogen) atoms. The molecule has 0 aliphatic heterocycles. The number of rotatable bonds is 5. The van der Waals surface area contributed by atoms with E-state index in [0.717, 1.165) is 19.1 Å². The van der Waals surface area contributed by atoms with Gasteiger partial charge in [0, 0.05) is 24.7 Å². The van der Waals surface area contributed by atoms with Crippen molar-refractivity contribution in [1.29, 1.82) is 0 Å². The standard InChI is InChI=1S/C12H18N2S/c13-9-12(4-5-12)14(11-1-2-11)7-10-3-6-15-8-10/h3,6,8,11H,1-2,4-5,7,9,13H2. The summed E-state index contributed by atoms with van der Waals surface area (Å²) in [7, 11) is 0. The summed E-state index contributed by atoms with van der Waals surface area (Å²) in [6.07, 6.45) is 5.38. The average molecular weight is 222 g/mol. The maximum absolute atomic E-state index is 5.93. The highest BCUT2D eigenvalue weighted by molar-refractivity contribution is 7.07. The molecule has 2 saturated carbocycles. The third kappa shape index (κ3) is 1.84. The van der Waals surface area contributed by atoms with E-state index >= 15 is 0 Å². The second-order valence-electron chi connectivity index (χ2n) is 4.92. The van der Waals surface area contributed by atoms with Crippen molar-refractivity contribution in [3.8, 4) is 0 Å². The molecule has 0 atom stereocenters. The second kappa shape index (κ2) is 3.58. The maximum atomic E-state index is 5.93. The predicted molar refractivity (Wildman–Crippen MR) is 63.9 cm³/mol. The fourth-order valence-corrected chi connectivity index (χ4v) is 3.06. The Bertz CT molecular complexity index is 325. The summed E-state index contributed by atoms with van der Waals surface area (Å²) in [6.45, 7) is 1.96. The van der Waals surface area contributed by atoms with Gasteiger partial charge in [-0.25, -0.2) is 0 Å². The quantitative estimate of drug-likeness (QED) is 0.827. The maximum Gasteiger partial charge on any atom is 0.0339 e. The molecule has 0 radical (unpaired) electrons. The molecule has 0 spiro atoms. The number of nitrogens with zero attached hydrogens (tertiary/aromatic N) is 1. The molecule has 2 fully saturated rings. The third-order valence-corrected chi connectivity index (χ3v) is 4.47. The fourth-order valence-electron chi connectivity index (χ4n) is 2.40. The van der Waals surface area contributed by atoms with Gasteiger partial charge in [-0.3, -0.25) is 4.90 Å². The largest absolute Gasteiger partial charge is 0.329 e. The molecule has 2 nitrogen and oxygen atoms in total. The highest BCUT2D eigenvalue weighted by atomic mass is 32.1. The van der Waals surface area contributed by atoms with E-state index in [4.69, 9.17) is 5.73 Å². The molecule has 1 aromatic heterocycles. The molecule has 3 heteroatoms. The Morgan fingerprint density at radius 1 is 1.47 bits per heavy atom. The smallest absolute Gasteiger partial charge is 0.0339 e.